The number of nitrogens with one attached hydrogen (secondary N) is 1. The molecule has 0 aliphatic heterocycles. The van der Waals surface area contributed by atoms with E-state index in [1.54, 1.807) is 0 Å². The summed E-state index contributed by atoms with van der Waals surface area (Å²) in [5, 5.41) is 3.28. The van der Waals surface area contributed by atoms with Gasteiger partial charge in [-0.25, -0.2) is 0 Å². The first-order chi connectivity index (χ1) is 8.11. The molecule has 3 nitrogen and oxygen atoms in total. The zero-order chi connectivity index (χ0) is 13.1. The van der Waals surface area contributed by atoms with Crippen LogP contribution < -0.4 is 5.32 Å². The number of rotatable bonds is 10. The lowest BCUT2D eigenvalue weighted by Crippen LogP contribution is -2.39. The fourth-order valence-corrected chi connectivity index (χ4v) is 1.74. The monoisotopic (exact) mass is 241 g/mol. The molecule has 0 saturated carbocycles. The highest BCUT2D eigenvalue weighted by Crippen LogP contribution is 2.07. The third-order valence-electron chi connectivity index (χ3n) is 2.67. The van der Waals surface area contributed by atoms with Gasteiger partial charge < -0.3 is 10.1 Å². The van der Waals surface area contributed by atoms with Gasteiger partial charge in [-0.15, -0.1) is 6.58 Å². The SMILES string of the molecule is C=CCCCCCNC(CC(C)C)C(=O)OC. The fourth-order valence-electron chi connectivity index (χ4n) is 1.74. The van der Waals surface area contributed by atoms with Gasteiger partial charge in [0.1, 0.15) is 6.04 Å². The van der Waals surface area contributed by atoms with Crippen LogP contribution in [-0.2, 0) is 9.53 Å². The number of methoxy groups -OCH3 is 1. The number of hydrogen-bond donors (Lipinski definition) is 1. The van der Waals surface area contributed by atoms with Gasteiger partial charge in [-0.2, -0.15) is 0 Å². The molecule has 1 N–H and O–H groups in total. The number of ether oxygens (including phenoxy) is 1. The molecule has 0 heterocycles. The first-order valence-electron chi connectivity index (χ1n) is 6.54. The van der Waals surface area contributed by atoms with Gasteiger partial charge in [-0.3, -0.25) is 4.79 Å². The summed E-state index contributed by atoms with van der Waals surface area (Å²) in [4.78, 5) is 11.5. The van der Waals surface area contributed by atoms with Crippen molar-refractivity contribution in [2.75, 3.05) is 13.7 Å². The van der Waals surface area contributed by atoms with Crippen molar-refractivity contribution >= 4 is 5.97 Å². The maximum Gasteiger partial charge on any atom is 0.322 e. The Kier molecular flexibility index (Phi) is 9.83. The lowest BCUT2D eigenvalue weighted by molar-refractivity contribution is -0.143. The van der Waals surface area contributed by atoms with Crippen LogP contribution in [0.15, 0.2) is 12.7 Å². The van der Waals surface area contributed by atoms with E-state index in [9.17, 15) is 4.79 Å². The van der Waals surface area contributed by atoms with Crippen molar-refractivity contribution in [1.82, 2.24) is 5.32 Å². The number of unbranched alkanes of at least 4 members (excludes halogenated alkanes) is 3. The van der Waals surface area contributed by atoms with Crippen molar-refractivity contribution < 1.29 is 9.53 Å². The average molecular weight is 241 g/mol. The van der Waals surface area contributed by atoms with Gasteiger partial charge >= 0.3 is 5.97 Å². The largest absolute Gasteiger partial charge is 0.468 e. The molecule has 0 aliphatic rings. The number of carbonyl (C=O) groups excluding carboxylic acids is 1. The molecule has 0 radical (unpaired) electrons. The lowest BCUT2D eigenvalue weighted by Gasteiger charge is -2.18. The highest BCUT2D eigenvalue weighted by molar-refractivity contribution is 5.75. The standard InChI is InChI=1S/C14H27NO2/c1-5-6-7-8-9-10-15-13(11-12(2)3)14(16)17-4/h5,12-13,15H,1,6-11H2,2-4H3. The maximum atomic E-state index is 11.5. The Labute approximate surface area is 106 Å². The average Bonchev–Trinajstić information content (AvgIpc) is 2.30. The molecule has 0 spiro atoms. The molecule has 3 heteroatoms. The van der Waals surface area contributed by atoms with Gasteiger partial charge in [0.2, 0.25) is 0 Å². The molecule has 0 amide bonds. The molecule has 0 fully saturated rings. The Morgan fingerprint density at radius 2 is 2.06 bits per heavy atom. The van der Waals surface area contributed by atoms with Crippen molar-refractivity contribution in [3.05, 3.63) is 12.7 Å². The van der Waals surface area contributed by atoms with E-state index in [2.05, 4.69) is 25.7 Å². The number of hydrogen-bond acceptors (Lipinski definition) is 3. The molecule has 0 aliphatic carbocycles. The van der Waals surface area contributed by atoms with Crippen LogP contribution in [0.4, 0.5) is 0 Å². The van der Waals surface area contributed by atoms with Crippen LogP contribution >= 0.6 is 0 Å². The second-order valence-corrected chi connectivity index (χ2v) is 4.80. The second kappa shape index (κ2) is 10.3. The molecule has 0 saturated heterocycles. The van der Waals surface area contributed by atoms with Crippen molar-refractivity contribution in [3.8, 4) is 0 Å². The quantitative estimate of drug-likeness (QED) is 0.363. The van der Waals surface area contributed by atoms with Crippen LogP contribution in [0.1, 0.15) is 46.0 Å². The van der Waals surface area contributed by atoms with Crippen molar-refractivity contribution in [2.45, 2.75) is 52.0 Å². The fraction of sp³-hybridized carbons (Fsp3) is 0.786. The zero-order valence-corrected chi connectivity index (χ0v) is 11.5. The van der Waals surface area contributed by atoms with Crippen molar-refractivity contribution in [1.29, 1.82) is 0 Å². The minimum absolute atomic E-state index is 0.148. The predicted molar refractivity (Wildman–Crippen MR) is 71.9 cm³/mol. The normalized spacial score (nSPS) is 12.5. The van der Waals surface area contributed by atoms with Crippen LogP contribution in [0, 0.1) is 5.92 Å². The van der Waals surface area contributed by atoms with E-state index in [0.29, 0.717) is 5.92 Å². The van der Waals surface area contributed by atoms with Crippen LogP contribution in [0.25, 0.3) is 0 Å². The highest BCUT2D eigenvalue weighted by Gasteiger charge is 2.19. The van der Waals surface area contributed by atoms with E-state index < -0.39 is 0 Å². The van der Waals surface area contributed by atoms with Crippen LogP contribution in [-0.4, -0.2) is 25.7 Å². The van der Waals surface area contributed by atoms with E-state index in [1.807, 2.05) is 6.08 Å². The first-order valence-corrected chi connectivity index (χ1v) is 6.54. The molecule has 17 heavy (non-hydrogen) atoms. The van der Waals surface area contributed by atoms with Gasteiger partial charge in [0.05, 0.1) is 7.11 Å². The highest BCUT2D eigenvalue weighted by atomic mass is 16.5. The summed E-state index contributed by atoms with van der Waals surface area (Å²) in [6.07, 6.45) is 7.31. The predicted octanol–water partition coefficient (Wildman–Crippen LogP) is 2.91. The van der Waals surface area contributed by atoms with Gasteiger partial charge in [-0.05, 0) is 38.1 Å². The topological polar surface area (TPSA) is 38.3 Å². The molecule has 1 atom stereocenters. The minimum Gasteiger partial charge on any atom is -0.468 e. The lowest BCUT2D eigenvalue weighted by atomic mass is 10.0. The Balaban J connectivity index is 3.76. The Bertz CT molecular complexity index is 214. The molecule has 0 aromatic heterocycles. The third kappa shape index (κ3) is 8.93. The molecular formula is C14H27NO2. The van der Waals surface area contributed by atoms with Crippen LogP contribution in [0.3, 0.4) is 0 Å². The zero-order valence-electron chi connectivity index (χ0n) is 11.5. The Morgan fingerprint density at radius 3 is 2.59 bits per heavy atom. The van der Waals surface area contributed by atoms with Crippen LogP contribution in [0.5, 0.6) is 0 Å². The van der Waals surface area contributed by atoms with E-state index in [1.165, 1.54) is 20.0 Å². The van der Waals surface area contributed by atoms with Crippen LogP contribution in [0.2, 0.25) is 0 Å². The molecule has 0 aromatic carbocycles. The number of allylic oxidation sites excluding steroid dienone is 1. The summed E-state index contributed by atoms with van der Waals surface area (Å²) in [6.45, 7) is 8.80. The summed E-state index contributed by atoms with van der Waals surface area (Å²) in [5.74, 6) is 0.345. The number of carbonyl (C=O) groups is 1. The molecule has 100 valence electrons. The second-order valence-electron chi connectivity index (χ2n) is 4.80. The first kappa shape index (κ1) is 16.2. The minimum atomic E-state index is -0.153. The summed E-state index contributed by atoms with van der Waals surface area (Å²) in [6, 6.07) is -0.153. The third-order valence-corrected chi connectivity index (χ3v) is 2.67. The summed E-state index contributed by atoms with van der Waals surface area (Å²) < 4.78 is 4.79. The van der Waals surface area contributed by atoms with Crippen molar-refractivity contribution in [2.24, 2.45) is 5.92 Å². The summed E-state index contributed by atoms with van der Waals surface area (Å²) in [7, 11) is 1.45. The molecule has 0 rings (SSSR count). The van der Waals surface area contributed by atoms with Gasteiger partial charge in [0.15, 0.2) is 0 Å². The smallest absolute Gasteiger partial charge is 0.322 e. The van der Waals surface area contributed by atoms with E-state index in [0.717, 1.165) is 25.8 Å². The molecular weight excluding hydrogens is 214 g/mol. The molecule has 0 bridgehead atoms. The summed E-state index contributed by atoms with van der Waals surface area (Å²) >= 11 is 0. The van der Waals surface area contributed by atoms with Crippen molar-refractivity contribution in [3.63, 3.8) is 0 Å². The summed E-state index contributed by atoms with van der Waals surface area (Å²) in [5.41, 5.74) is 0. The number of esters is 1. The molecule has 0 aromatic rings. The van der Waals surface area contributed by atoms with Gasteiger partial charge in [-0.1, -0.05) is 26.3 Å². The van der Waals surface area contributed by atoms with E-state index in [4.69, 9.17) is 4.74 Å². The molecule has 1 unspecified atom stereocenters. The Morgan fingerprint density at radius 1 is 1.35 bits per heavy atom. The maximum absolute atomic E-state index is 11.5. The van der Waals surface area contributed by atoms with E-state index >= 15 is 0 Å². The van der Waals surface area contributed by atoms with Gasteiger partial charge in [0, 0.05) is 0 Å². The van der Waals surface area contributed by atoms with E-state index in [-0.39, 0.29) is 12.0 Å². The van der Waals surface area contributed by atoms with Gasteiger partial charge in [0.25, 0.3) is 0 Å². The Hall–Kier alpha value is -0.830.